The van der Waals surface area contributed by atoms with Gasteiger partial charge in [0.15, 0.2) is 11.8 Å². The van der Waals surface area contributed by atoms with Gasteiger partial charge in [0.1, 0.15) is 0 Å². The minimum Gasteiger partial charge on any atom is -0.623 e. The van der Waals surface area contributed by atoms with E-state index >= 15 is 0 Å². The van der Waals surface area contributed by atoms with E-state index in [9.17, 15) is 13.6 Å². The van der Waals surface area contributed by atoms with E-state index in [0.29, 0.717) is 11.3 Å². The lowest BCUT2D eigenvalue weighted by molar-refractivity contribution is -0.530. The van der Waals surface area contributed by atoms with Crippen LogP contribution < -0.4 is 4.72 Å². The lowest BCUT2D eigenvalue weighted by atomic mass is 10.1. The number of sulfonamides is 1. The van der Waals surface area contributed by atoms with E-state index in [4.69, 9.17) is 0 Å². The van der Waals surface area contributed by atoms with E-state index in [2.05, 4.69) is 9.71 Å². The second-order valence-corrected chi connectivity index (χ2v) is 7.72. The molecule has 23 heavy (non-hydrogen) atoms. The zero-order chi connectivity index (χ0) is 17.1. The fourth-order valence-electron chi connectivity index (χ4n) is 1.70. The minimum absolute atomic E-state index is 0.117. The number of benzene rings is 1. The van der Waals surface area contributed by atoms with Gasteiger partial charge in [0.05, 0.1) is 16.8 Å². The first-order valence-corrected chi connectivity index (χ1v) is 8.51. The van der Waals surface area contributed by atoms with Crippen molar-refractivity contribution < 1.29 is 13.2 Å². The molecule has 0 saturated carbocycles. The molecule has 2 aromatic rings. The van der Waals surface area contributed by atoms with Crippen molar-refractivity contribution in [2.24, 2.45) is 0 Å². The molecule has 0 aliphatic heterocycles. The molecule has 0 radical (unpaired) electrons. The molecule has 1 aromatic heterocycles. The highest BCUT2D eigenvalue weighted by Crippen LogP contribution is 2.15. The van der Waals surface area contributed by atoms with Gasteiger partial charge in [-0.3, -0.25) is 9.71 Å². The molecule has 0 unspecified atom stereocenters. The van der Waals surface area contributed by atoms with Gasteiger partial charge in [0.2, 0.25) is 0 Å². The molecule has 0 spiro atoms. The van der Waals surface area contributed by atoms with Crippen LogP contribution in [0.2, 0.25) is 0 Å². The van der Waals surface area contributed by atoms with Gasteiger partial charge in [-0.05, 0) is 36.4 Å². The van der Waals surface area contributed by atoms with E-state index in [0.717, 1.165) is 4.74 Å². The van der Waals surface area contributed by atoms with Gasteiger partial charge >= 0.3 is 0 Å². The van der Waals surface area contributed by atoms with Crippen molar-refractivity contribution >= 4 is 21.9 Å². The molecule has 0 saturated heterocycles. The van der Waals surface area contributed by atoms with Crippen LogP contribution in [0, 0.1) is 5.21 Å². The Bertz CT molecular complexity index is 793. The number of aromatic nitrogens is 1. The van der Waals surface area contributed by atoms with Crippen molar-refractivity contribution in [3.05, 3.63) is 59.6 Å². The minimum atomic E-state index is -3.68. The number of nitrogens with one attached hydrogen (secondary N) is 1. The maximum absolute atomic E-state index is 12.3. The van der Waals surface area contributed by atoms with Gasteiger partial charge in [0.25, 0.3) is 10.0 Å². The summed E-state index contributed by atoms with van der Waals surface area (Å²) in [4.78, 5) is 3.98. The molecule has 0 bridgehead atoms. The summed E-state index contributed by atoms with van der Waals surface area (Å²) in [6.45, 7) is 5.40. The zero-order valence-electron chi connectivity index (χ0n) is 13.2. The summed E-state index contributed by atoms with van der Waals surface area (Å²) in [6.07, 6.45) is 4.43. The molecular weight excluding hydrogens is 314 g/mol. The Morgan fingerprint density at radius 1 is 1.17 bits per heavy atom. The van der Waals surface area contributed by atoms with Gasteiger partial charge in [-0.25, -0.2) is 13.2 Å². The number of hydrogen-bond donors (Lipinski definition) is 1. The maximum Gasteiger partial charge on any atom is 0.261 e. The fourth-order valence-corrected chi connectivity index (χ4v) is 2.74. The first kappa shape index (κ1) is 17.0. The van der Waals surface area contributed by atoms with E-state index in [-0.39, 0.29) is 4.90 Å². The molecular formula is C16H19N3O3S. The molecule has 6 nitrogen and oxygen atoms in total. The largest absolute Gasteiger partial charge is 0.623 e. The van der Waals surface area contributed by atoms with Crippen molar-refractivity contribution in [3.8, 4) is 0 Å². The van der Waals surface area contributed by atoms with Gasteiger partial charge < -0.3 is 5.21 Å². The molecule has 0 amide bonds. The second kappa shape index (κ2) is 6.37. The standard InChI is InChI=1S/C16H19N3O3S/c1-16(2,3)19(20)12-13-6-8-15(9-7-13)23(21,22)18-14-5-4-10-17-11-14/h4-12,18H,1-3H3/b19-12-. The number of hydrogen-bond acceptors (Lipinski definition) is 4. The lowest BCUT2D eigenvalue weighted by Crippen LogP contribution is -2.29. The average Bonchev–Trinajstić information content (AvgIpc) is 2.47. The van der Waals surface area contributed by atoms with Gasteiger partial charge in [-0.1, -0.05) is 0 Å². The predicted molar refractivity (Wildman–Crippen MR) is 90.0 cm³/mol. The highest BCUT2D eigenvalue weighted by Gasteiger charge is 2.18. The number of hydroxylamine groups is 1. The first-order chi connectivity index (χ1) is 10.7. The Labute approximate surface area is 136 Å². The Kier molecular flexibility index (Phi) is 4.70. The van der Waals surface area contributed by atoms with Crippen LogP contribution >= 0.6 is 0 Å². The van der Waals surface area contributed by atoms with Gasteiger partial charge in [-0.2, -0.15) is 0 Å². The molecule has 0 atom stereocenters. The van der Waals surface area contributed by atoms with E-state index < -0.39 is 15.6 Å². The summed E-state index contributed by atoms with van der Waals surface area (Å²) in [5, 5.41) is 11.9. The smallest absolute Gasteiger partial charge is 0.261 e. The topological polar surface area (TPSA) is 85.1 Å². The van der Waals surface area contributed by atoms with Crippen molar-refractivity contribution in [1.82, 2.24) is 4.98 Å². The third-order valence-corrected chi connectivity index (χ3v) is 4.43. The fraction of sp³-hybridized carbons (Fsp3) is 0.250. The molecule has 0 fully saturated rings. The number of anilines is 1. The van der Waals surface area contributed by atoms with E-state index in [1.165, 1.54) is 24.5 Å². The quantitative estimate of drug-likeness (QED) is 0.403. The van der Waals surface area contributed by atoms with Crippen LogP contribution in [0.4, 0.5) is 5.69 Å². The summed E-state index contributed by atoms with van der Waals surface area (Å²) in [5.41, 5.74) is 0.476. The third-order valence-electron chi connectivity index (χ3n) is 3.03. The Hall–Kier alpha value is -2.41. The summed E-state index contributed by atoms with van der Waals surface area (Å²) >= 11 is 0. The lowest BCUT2D eigenvalue weighted by Gasteiger charge is -2.18. The maximum atomic E-state index is 12.3. The molecule has 122 valence electrons. The van der Waals surface area contributed by atoms with Crippen LogP contribution in [-0.2, 0) is 10.0 Å². The second-order valence-electron chi connectivity index (χ2n) is 6.04. The summed E-state index contributed by atoms with van der Waals surface area (Å²) in [7, 11) is -3.68. The molecule has 2 rings (SSSR count). The van der Waals surface area contributed by atoms with Crippen LogP contribution in [0.3, 0.4) is 0 Å². The molecule has 1 N–H and O–H groups in total. The van der Waals surface area contributed by atoms with Crippen LogP contribution in [0.5, 0.6) is 0 Å². The van der Waals surface area contributed by atoms with E-state index in [1.807, 2.05) is 0 Å². The van der Waals surface area contributed by atoms with Crippen molar-refractivity contribution in [2.75, 3.05) is 4.72 Å². The van der Waals surface area contributed by atoms with Crippen LogP contribution in [0.1, 0.15) is 26.3 Å². The van der Waals surface area contributed by atoms with Crippen molar-refractivity contribution in [2.45, 2.75) is 31.2 Å². The molecule has 1 aromatic carbocycles. The summed E-state index contributed by atoms with van der Waals surface area (Å²) in [5.74, 6) is 0. The highest BCUT2D eigenvalue weighted by molar-refractivity contribution is 7.92. The SMILES string of the molecule is CC(C)(C)/[N+]([O-])=C/c1ccc(S(=O)(=O)Nc2cccnc2)cc1. The monoisotopic (exact) mass is 333 g/mol. The third kappa shape index (κ3) is 4.53. The number of pyridine rings is 1. The summed E-state index contributed by atoms with van der Waals surface area (Å²) in [6, 6.07) is 9.36. The zero-order valence-corrected chi connectivity index (χ0v) is 14.0. The molecule has 1 heterocycles. The number of rotatable bonds is 4. The van der Waals surface area contributed by atoms with Crippen LogP contribution in [0.25, 0.3) is 0 Å². The normalized spacial score (nSPS) is 12.9. The number of nitrogens with zero attached hydrogens (tertiary/aromatic N) is 2. The van der Waals surface area contributed by atoms with Crippen LogP contribution in [0.15, 0.2) is 53.7 Å². The highest BCUT2D eigenvalue weighted by atomic mass is 32.2. The first-order valence-electron chi connectivity index (χ1n) is 7.03. The summed E-state index contributed by atoms with van der Waals surface area (Å²) < 4.78 is 27.8. The predicted octanol–water partition coefficient (Wildman–Crippen LogP) is 2.61. The molecule has 0 aliphatic carbocycles. The van der Waals surface area contributed by atoms with Crippen molar-refractivity contribution in [1.29, 1.82) is 0 Å². The Morgan fingerprint density at radius 3 is 2.35 bits per heavy atom. The molecule has 0 aliphatic rings. The Morgan fingerprint density at radius 2 is 1.83 bits per heavy atom. The average molecular weight is 333 g/mol. The molecule has 7 heteroatoms. The van der Waals surface area contributed by atoms with E-state index in [1.54, 1.807) is 51.2 Å². The van der Waals surface area contributed by atoms with Gasteiger partial charge in [0, 0.05) is 32.5 Å². The van der Waals surface area contributed by atoms with Crippen LogP contribution in [-0.4, -0.2) is 29.9 Å². The Balaban J connectivity index is 2.22. The van der Waals surface area contributed by atoms with Gasteiger partial charge in [-0.15, -0.1) is 0 Å². The van der Waals surface area contributed by atoms with Crippen molar-refractivity contribution in [3.63, 3.8) is 0 Å².